The molecular formula is C32H35Cl2N5O4. The van der Waals surface area contributed by atoms with Crippen LogP contribution in [0.1, 0.15) is 34.0 Å². The van der Waals surface area contributed by atoms with Crippen molar-refractivity contribution in [3.05, 3.63) is 105 Å². The molecule has 1 aromatic heterocycles. The number of H-pyrrole nitrogens is 1. The van der Waals surface area contributed by atoms with Crippen molar-refractivity contribution in [1.29, 1.82) is 0 Å². The molecule has 9 nitrogen and oxygen atoms in total. The lowest BCUT2D eigenvalue weighted by atomic mass is 9.84. The minimum Gasteiger partial charge on any atom is -0.445 e. The van der Waals surface area contributed by atoms with Crippen molar-refractivity contribution in [3.8, 4) is 11.4 Å². The van der Waals surface area contributed by atoms with Gasteiger partial charge >= 0.3 is 6.09 Å². The topological polar surface area (TPSA) is 102 Å². The summed E-state index contributed by atoms with van der Waals surface area (Å²) in [5.74, 6) is 1.53. The highest BCUT2D eigenvalue weighted by Gasteiger charge is 2.27. The van der Waals surface area contributed by atoms with Gasteiger partial charge in [-0.1, -0.05) is 71.7 Å². The molecule has 1 aliphatic heterocycles. The summed E-state index contributed by atoms with van der Waals surface area (Å²) in [4.78, 5) is 18.7. The minimum absolute atomic E-state index is 0.142. The van der Waals surface area contributed by atoms with E-state index >= 15 is 0 Å². The molecule has 2 N–H and O–H groups in total. The standard InChI is InChI=1S/C32H35Cl2N5O4/c1-39-19-27(26-17-25(33)18-29(34)28(26)20-39)23-8-5-9-24(16-23)31-36-30(37-38-31)10-12-41-14-15-42-13-11-35-32(40)43-21-22-6-3-2-4-7-22/h2-9,16-18,27H,10-15,19-21H2,1H3,(H,35,40)(H,36,37,38)/t27-/m0/s1. The van der Waals surface area contributed by atoms with Crippen LogP contribution in [0.25, 0.3) is 11.4 Å². The Morgan fingerprint density at radius 2 is 1.84 bits per heavy atom. The van der Waals surface area contributed by atoms with E-state index in [1.165, 1.54) is 5.56 Å². The summed E-state index contributed by atoms with van der Waals surface area (Å²) in [5.41, 5.74) is 5.33. The lowest BCUT2D eigenvalue weighted by Gasteiger charge is -2.33. The van der Waals surface area contributed by atoms with Crippen LogP contribution >= 0.6 is 23.2 Å². The first-order valence-corrected chi connectivity index (χ1v) is 15.0. The molecule has 0 radical (unpaired) electrons. The number of benzene rings is 3. The number of fused-ring (bicyclic) bond motifs is 1. The molecule has 0 saturated carbocycles. The Balaban J connectivity index is 1.02. The first-order valence-electron chi connectivity index (χ1n) is 14.2. The summed E-state index contributed by atoms with van der Waals surface area (Å²) in [6.07, 6.45) is 0.128. The second-order valence-corrected chi connectivity index (χ2v) is 11.2. The fraction of sp³-hybridized carbons (Fsp3) is 0.344. The number of rotatable bonds is 13. The number of hydrogen-bond acceptors (Lipinski definition) is 7. The van der Waals surface area contributed by atoms with Crippen LogP contribution in [0.3, 0.4) is 0 Å². The van der Waals surface area contributed by atoms with Gasteiger partial charge in [-0.05, 0) is 47.5 Å². The third-order valence-corrected chi connectivity index (χ3v) is 7.71. The maximum Gasteiger partial charge on any atom is 0.407 e. The first kappa shape index (κ1) is 31.0. The molecule has 2 heterocycles. The van der Waals surface area contributed by atoms with Gasteiger partial charge in [0.25, 0.3) is 0 Å². The Hall–Kier alpha value is -3.47. The summed E-state index contributed by atoms with van der Waals surface area (Å²) in [6.45, 7) is 3.97. The maximum atomic E-state index is 11.7. The number of halogens is 2. The number of hydrogen-bond donors (Lipinski definition) is 2. The number of nitrogens with zero attached hydrogens (tertiary/aromatic N) is 3. The molecule has 3 aromatic carbocycles. The molecule has 226 valence electrons. The van der Waals surface area contributed by atoms with E-state index in [0.717, 1.165) is 41.2 Å². The maximum absolute atomic E-state index is 11.7. The average molecular weight is 625 g/mol. The molecule has 0 spiro atoms. The van der Waals surface area contributed by atoms with Gasteiger partial charge in [0, 0.05) is 47.6 Å². The highest BCUT2D eigenvalue weighted by Crippen LogP contribution is 2.39. The van der Waals surface area contributed by atoms with Crippen LogP contribution in [-0.4, -0.2) is 72.7 Å². The molecule has 1 amide bonds. The van der Waals surface area contributed by atoms with Gasteiger partial charge in [0.1, 0.15) is 12.4 Å². The van der Waals surface area contributed by atoms with E-state index < -0.39 is 6.09 Å². The van der Waals surface area contributed by atoms with Crippen molar-refractivity contribution in [2.45, 2.75) is 25.5 Å². The molecule has 43 heavy (non-hydrogen) atoms. The number of aromatic nitrogens is 3. The van der Waals surface area contributed by atoms with Crippen LogP contribution < -0.4 is 5.32 Å². The Morgan fingerprint density at radius 1 is 1.02 bits per heavy atom. The molecule has 0 fully saturated rings. The number of likely N-dealkylation sites (N-methyl/N-ethyl adjacent to an activating group) is 1. The molecule has 5 rings (SSSR count). The number of aromatic amines is 1. The van der Waals surface area contributed by atoms with Crippen LogP contribution in [0.4, 0.5) is 4.79 Å². The highest BCUT2D eigenvalue weighted by atomic mass is 35.5. The summed E-state index contributed by atoms with van der Waals surface area (Å²) in [5, 5.41) is 11.5. The van der Waals surface area contributed by atoms with Crippen molar-refractivity contribution in [3.63, 3.8) is 0 Å². The fourth-order valence-corrected chi connectivity index (χ4v) is 5.62. The molecule has 0 aliphatic carbocycles. The fourth-order valence-electron chi connectivity index (χ4n) is 5.05. The summed E-state index contributed by atoms with van der Waals surface area (Å²) < 4.78 is 16.4. The largest absolute Gasteiger partial charge is 0.445 e. The van der Waals surface area contributed by atoms with Crippen LogP contribution in [0.2, 0.25) is 10.0 Å². The molecular weight excluding hydrogens is 589 g/mol. The zero-order valence-electron chi connectivity index (χ0n) is 24.0. The smallest absolute Gasteiger partial charge is 0.407 e. The van der Waals surface area contributed by atoms with Gasteiger partial charge in [-0.2, -0.15) is 5.10 Å². The van der Waals surface area contributed by atoms with Crippen LogP contribution in [0.5, 0.6) is 0 Å². The molecule has 1 aliphatic rings. The monoisotopic (exact) mass is 623 g/mol. The first-order chi connectivity index (χ1) is 21.0. The van der Waals surface area contributed by atoms with Crippen molar-refractivity contribution in [2.24, 2.45) is 0 Å². The second-order valence-electron chi connectivity index (χ2n) is 10.4. The van der Waals surface area contributed by atoms with E-state index in [-0.39, 0.29) is 12.5 Å². The Bertz CT molecular complexity index is 1500. The number of carbonyl (C=O) groups is 1. The summed E-state index contributed by atoms with van der Waals surface area (Å²) >= 11 is 12.9. The molecule has 1 atom stereocenters. The number of carbonyl (C=O) groups excluding carboxylic acids is 1. The van der Waals surface area contributed by atoms with E-state index in [1.807, 2.05) is 54.6 Å². The molecule has 11 heteroatoms. The van der Waals surface area contributed by atoms with E-state index in [2.05, 4.69) is 44.6 Å². The van der Waals surface area contributed by atoms with Crippen LogP contribution in [-0.2, 0) is 33.8 Å². The van der Waals surface area contributed by atoms with Gasteiger partial charge in [0.2, 0.25) is 0 Å². The van der Waals surface area contributed by atoms with Gasteiger partial charge in [-0.3, -0.25) is 5.10 Å². The van der Waals surface area contributed by atoms with E-state index in [0.29, 0.717) is 55.3 Å². The third-order valence-electron chi connectivity index (χ3n) is 7.16. The Morgan fingerprint density at radius 3 is 2.67 bits per heavy atom. The molecule has 0 saturated heterocycles. The van der Waals surface area contributed by atoms with Crippen molar-refractivity contribution in [2.75, 3.05) is 46.6 Å². The van der Waals surface area contributed by atoms with E-state index in [9.17, 15) is 4.79 Å². The quantitative estimate of drug-likeness (QED) is 0.180. The van der Waals surface area contributed by atoms with Gasteiger partial charge in [0.15, 0.2) is 5.82 Å². The van der Waals surface area contributed by atoms with Crippen molar-refractivity contribution >= 4 is 29.3 Å². The van der Waals surface area contributed by atoms with E-state index in [1.54, 1.807) is 0 Å². The lowest BCUT2D eigenvalue weighted by Crippen LogP contribution is -2.31. The Labute approximate surface area is 261 Å². The predicted octanol–water partition coefficient (Wildman–Crippen LogP) is 5.86. The molecule has 0 unspecified atom stereocenters. The van der Waals surface area contributed by atoms with Gasteiger partial charge in [-0.15, -0.1) is 0 Å². The Kier molecular flexibility index (Phi) is 11.0. The van der Waals surface area contributed by atoms with Crippen LogP contribution in [0, 0.1) is 0 Å². The van der Waals surface area contributed by atoms with Gasteiger partial charge in [-0.25, -0.2) is 9.78 Å². The van der Waals surface area contributed by atoms with Gasteiger partial charge in [0.05, 0.1) is 26.4 Å². The minimum atomic E-state index is -0.469. The van der Waals surface area contributed by atoms with Crippen LogP contribution in [0.15, 0.2) is 66.7 Å². The lowest BCUT2D eigenvalue weighted by molar-refractivity contribution is 0.0489. The average Bonchev–Trinajstić information content (AvgIpc) is 3.49. The van der Waals surface area contributed by atoms with Gasteiger partial charge < -0.3 is 24.4 Å². The molecule has 4 aromatic rings. The number of alkyl carbamates (subject to hydrolysis) is 1. The zero-order chi connectivity index (χ0) is 30.0. The molecule has 0 bridgehead atoms. The van der Waals surface area contributed by atoms with E-state index in [4.69, 9.17) is 37.4 Å². The normalized spacial score (nSPS) is 14.8. The number of amides is 1. The van der Waals surface area contributed by atoms with Crippen molar-refractivity contribution < 1.29 is 19.0 Å². The summed E-state index contributed by atoms with van der Waals surface area (Å²) in [7, 11) is 2.10. The predicted molar refractivity (Wildman–Crippen MR) is 166 cm³/mol. The summed E-state index contributed by atoms with van der Waals surface area (Å²) in [6, 6.07) is 21.7. The number of nitrogens with one attached hydrogen (secondary N) is 2. The third kappa shape index (κ3) is 8.78. The number of ether oxygens (including phenoxy) is 3. The SMILES string of the molecule is CN1Cc2c(Cl)cc(Cl)cc2[C@H](c2cccc(-c3n[nH]c(CCOCCOCCNC(=O)OCc4ccccc4)n3)c2)C1. The van der Waals surface area contributed by atoms with Crippen molar-refractivity contribution in [1.82, 2.24) is 25.4 Å². The highest BCUT2D eigenvalue weighted by molar-refractivity contribution is 6.35. The zero-order valence-corrected chi connectivity index (χ0v) is 25.5. The second kappa shape index (κ2) is 15.3.